The largest absolute Gasteiger partial charge is 0.261 e. The third kappa shape index (κ3) is 4.11. The fourth-order valence-corrected chi connectivity index (χ4v) is 4.29. The van der Waals surface area contributed by atoms with E-state index in [1.807, 2.05) is 23.0 Å². The summed E-state index contributed by atoms with van der Waals surface area (Å²) in [6.07, 6.45) is 1.87. The van der Waals surface area contributed by atoms with Crippen molar-refractivity contribution >= 4 is 40.5 Å². The third-order valence-corrected chi connectivity index (χ3v) is 5.96. The summed E-state index contributed by atoms with van der Waals surface area (Å²) in [5.74, 6) is 0. The summed E-state index contributed by atoms with van der Waals surface area (Å²) in [7, 11) is 1.78. The first-order chi connectivity index (χ1) is 11.9. The van der Waals surface area contributed by atoms with Gasteiger partial charge in [0.2, 0.25) is 4.80 Å². The van der Waals surface area contributed by atoms with Crippen molar-refractivity contribution in [2.24, 2.45) is 10.1 Å². The molecule has 0 aliphatic carbocycles. The van der Waals surface area contributed by atoms with Gasteiger partial charge in [0.15, 0.2) is 0 Å². The summed E-state index contributed by atoms with van der Waals surface area (Å²) in [6.45, 7) is 6.64. The van der Waals surface area contributed by atoms with E-state index in [1.54, 1.807) is 29.7 Å². The molecule has 3 rings (SSSR count). The highest BCUT2D eigenvalue weighted by Gasteiger charge is 2.13. The Morgan fingerprint density at radius 3 is 2.36 bits per heavy atom. The minimum absolute atomic E-state index is 0.150. The summed E-state index contributed by atoms with van der Waals surface area (Å²) in [6, 6.07) is 12.4. The minimum Gasteiger partial charge on any atom is -0.261 e. The second kappa shape index (κ2) is 7.28. The van der Waals surface area contributed by atoms with Gasteiger partial charge in [-0.15, -0.1) is 22.7 Å². The fourth-order valence-electron chi connectivity index (χ4n) is 2.38. The monoisotopic (exact) mass is 389 g/mol. The molecule has 0 N–H and O–H groups in total. The predicted octanol–water partition coefficient (Wildman–Crippen LogP) is 5.64. The van der Waals surface area contributed by atoms with Crippen molar-refractivity contribution in [3.8, 4) is 10.6 Å². The lowest BCUT2D eigenvalue weighted by atomic mass is 9.87. The number of thiophene rings is 1. The lowest BCUT2D eigenvalue weighted by Crippen LogP contribution is -2.12. The molecule has 0 aliphatic heterocycles. The highest BCUT2D eigenvalue weighted by Crippen LogP contribution is 2.31. The zero-order valence-electron chi connectivity index (χ0n) is 14.7. The molecule has 0 amide bonds. The van der Waals surface area contributed by atoms with E-state index in [4.69, 9.17) is 11.6 Å². The van der Waals surface area contributed by atoms with E-state index in [1.165, 1.54) is 5.56 Å². The summed E-state index contributed by atoms with van der Waals surface area (Å²) in [5.41, 5.74) is 3.53. The number of nitrogens with zero attached hydrogens (tertiary/aromatic N) is 3. The van der Waals surface area contributed by atoms with Gasteiger partial charge in [0.05, 0.1) is 21.1 Å². The van der Waals surface area contributed by atoms with E-state index in [0.29, 0.717) is 0 Å². The highest BCUT2D eigenvalue weighted by atomic mass is 35.5. The topological polar surface area (TPSA) is 29.6 Å². The Kier molecular flexibility index (Phi) is 5.27. The van der Waals surface area contributed by atoms with Crippen LogP contribution in [0.4, 0.5) is 0 Å². The van der Waals surface area contributed by atoms with Crippen LogP contribution in [0, 0.1) is 0 Å². The fraction of sp³-hybridized carbons (Fsp3) is 0.263. The van der Waals surface area contributed by atoms with E-state index < -0.39 is 0 Å². The van der Waals surface area contributed by atoms with Gasteiger partial charge in [-0.2, -0.15) is 5.10 Å². The molecule has 0 saturated heterocycles. The van der Waals surface area contributed by atoms with Crippen molar-refractivity contribution in [2.75, 3.05) is 7.05 Å². The number of hydrogen-bond acceptors (Lipinski definition) is 4. The maximum absolute atomic E-state index is 6.08. The molecular formula is C19H20ClN3S2. The number of benzene rings is 1. The van der Waals surface area contributed by atoms with Crippen molar-refractivity contribution in [1.29, 1.82) is 0 Å². The Morgan fingerprint density at radius 2 is 1.80 bits per heavy atom. The second-order valence-corrected chi connectivity index (χ2v) is 9.21. The first-order valence-electron chi connectivity index (χ1n) is 7.92. The van der Waals surface area contributed by atoms with Gasteiger partial charge in [0.1, 0.15) is 0 Å². The van der Waals surface area contributed by atoms with Crippen LogP contribution in [0.2, 0.25) is 4.34 Å². The number of aromatic nitrogens is 1. The van der Waals surface area contributed by atoms with Crippen LogP contribution in [0.15, 0.2) is 51.9 Å². The number of halogens is 1. The van der Waals surface area contributed by atoms with Gasteiger partial charge in [0, 0.05) is 12.4 Å². The standard InChI is InChI=1S/C19H20ClN3S2/c1-19(2,3)14-7-5-13(6-8-14)11-22-23-15(12-24-18(23)21-4)16-9-10-17(20)25-16/h5-12H,1-4H3/b21-18?,22-11+. The van der Waals surface area contributed by atoms with Crippen molar-refractivity contribution in [2.45, 2.75) is 26.2 Å². The Hall–Kier alpha value is -1.69. The summed E-state index contributed by atoms with van der Waals surface area (Å²) in [4.78, 5) is 6.25. The SMILES string of the molecule is CN=c1scc(-c2ccc(Cl)s2)n1/N=C/c1ccc(C(C)(C)C)cc1. The molecule has 0 aliphatic rings. The molecule has 3 aromatic rings. The van der Waals surface area contributed by atoms with E-state index >= 15 is 0 Å². The highest BCUT2D eigenvalue weighted by molar-refractivity contribution is 7.19. The quantitative estimate of drug-likeness (QED) is 0.519. The Labute approximate surface area is 161 Å². The molecular weight excluding hydrogens is 370 g/mol. The van der Waals surface area contributed by atoms with Crippen LogP contribution in [-0.2, 0) is 5.41 Å². The molecule has 0 unspecified atom stereocenters. The van der Waals surface area contributed by atoms with E-state index in [-0.39, 0.29) is 5.41 Å². The maximum Gasteiger partial charge on any atom is 0.205 e. The van der Waals surface area contributed by atoms with Gasteiger partial charge in [-0.3, -0.25) is 4.99 Å². The van der Waals surface area contributed by atoms with Gasteiger partial charge in [-0.25, -0.2) is 4.68 Å². The third-order valence-electron chi connectivity index (χ3n) is 3.80. The van der Waals surface area contributed by atoms with Crippen LogP contribution in [-0.4, -0.2) is 17.9 Å². The smallest absolute Gasteiger partial charge is 0.205 e. The lowest BCUT2D eigenvalue weighted by Gasteiger charge is -2.18. The Balaban J connectivity index is 1.95. The lowest BCUT2D eigenvalue weighted by molar-refractivity contribution is 0.590. The van der Waals surface area contributed by atoms with Crippen molar-refractivity contribution in [1.82, 2.24) is 4.68 Å². The predicted molar refractivity (Wildman–Crippen MR) is 110 cm³/mol. The van der Waals surface area contributed by atoms with E-state index in [2.05, 4.69) is 60.5 Å². The van der Waals surface area contributed by atoms with Crippen LogP contribution in [0.25, 0.3) is 10.6 Å². The van der Waals surface area contributed by atoms with E-state index in [0.717, 1.165) is 25.3 Å². The van der Waals surface area contributed by atoms with Gasteiger partial charge < -0.3 is 0 Å². The van der Waals surface area contributed by atoms with Crippen LogP contribution < -0.4 is 4.80 Å². The van der Waals surface area contributed by atoms with E-state index in [9.17, 15) is 0 Å². The van der Waals surface area contributed by atoms with Crippen molar-refractivity contribution in [3.63, 3.8) is 0 Å². The average Bonchev–Trinajstić information content (AvgIpc) is 3.18. The van der Waals surface area contributed by atoms with Gasteiger partial charge in [0.25, 0.3) is 0 Å². The molecule has 130 valence electrons. The molecule has 0 atom stereocenters. The molecule has 2 heterocycles. The molecule has 0 fully saturated rings. The molecule has 25 heavy (non-hydrogen) atoms. The molecule has 2 aromatic heterocycles. The summed E-state index contributed by atoms with van der Waals surface area (Å²) in [5, 5.41) is 6.72. The molecule has 1 aromatic carbocycles. The number of hydrogen-bond donors (Lipinski definition) is 0. The molecule has 0 bridgehead atoms. The Bertz CT molecular complexity index is 954. The second-order valence-electron chi connectivity index (χ2n) is 6.66. The first kappa shape index (κ1) is 18.1. The van der Waals surface area contributed by atoms with Gasteiger partial charge in [-0.1, -0.05) is 56.6 Å². The molecule has 0 radical (unpaired) electrons. The van der Waals surface area contributed by atoms with Gasteiger partial charge >= 0.3 is 0 Å². The minimum atomic E-state index is 0.150. The molecule has 0 spiro atoms. The zero-order valence-corrected chi connectivity index (χ0v) is 17.0. The number of rotatable bonds is 3. The van der Waals surface area contributed by atoms with Crippen molar-refractivity contribution < 1.29 is 0 Å². The van der Waals surface area contributed by atoms with Crippen LogP contribution in [0.1, 0.15) is 31.9 Å². The molecule has 3 nitrogen and oxygen atoms in total. The van der Waals surface area contributed by atoms with Crippen LogP contribution >= 0.6 is 34.3 Å². The molecule has 0 saturated carbocycles. The summed E-state index contributed by atoms with van der Waals surface area (Å²) < 4.78 is 2.63. The van der Waals surface area contributed by atoms with Crippen LogP contribution in [0.5, 0.6) is 0 Å². The van der Waals surface area contributed by atoms with Crippen LogP contribution in [0.3, 0.4) is 0 Å². The number of thiazole rings is 1. The van der Waals surface area contributed by atoms with Gasteiger partial charge in [-0.05, 0) is 28.7 Å². The zero-order chi connectivity index (χ0) is 18.0. The maximum atomic E-state index is 6.08. The average molecular weight is 390 g/mol. The normalized spacial score (nSPS) is 13.1. The Morgan fingerprint density at radius 1 is 1.08 bits per heavy atom. The summed E-state index contributed by atoms with van der Waals surface area (Å²) >= 11 is 9.19. The first-order valence-corrected chi connectivity index (χ1v) is 10.00. The molecule has 6 heteroatoms. The van der Waals surface area contributed by atoms with Crippen molar-refractivity contribution in [3.05, 3.63) is 62.0 Å².